The smallest absolute Gasteiger partial charge is 0.337 e. The summed E-state index contributed by atoms with van der Waals surface area (Å²) in [5, 5.41) is 0. The van der Waals surface area contributed by atoms with Crippen molar-refractivity contribution in [1.82, 2.24) is 0 Å². The fraction of sp³-hybridized carbons (Fsp3) is 0.0870. The lowest BCUT2D eigenvalue weighted by Crippen LogP contribution is -2.00. The molecule has 0 bridgehead atoms. The molecule has 0 saturated heterocycles. The molecule has 0 aliphatic heterocycles. The van der Waals surface area contributed by atoms with Gasteiger partial charge in [-0.05, 0) is 41.3 Å². The van der Waals surface area contributed by atoms with Crippen molar-refractivity contribution in [3.8, 4) is 0 Å². The van der Waals surface area contributed by atoms with Crippen LogP contribution in [0.2, 0.25) is 0 Å². The number of carbonyl (C=O) groups excluding carboxylic acids is 1. The summed E-state index contributed by atoms with van der Waals surface area (Å²) in [6.07, 6.45) is 8.01. The number of benzene rings is 2. The molecule has 0 N–H and O–H groups in total. The van der Waals surface area contributed by atoms with Gasteiger partial charge in [0.25, 0.3) is 0 Å². The number of allylic oxidation sites excluding steroid dienone is 4. The molecule has 0 heterocycles. The van der Waals surface area contributed by atoms with E-state index in [2.05, 4.69) is 37.4 Å². The summed E-state index contributed by atoms with van der Waals surface area (Å²) < 4.78 is 4.70. The summed E-state index contributed by atoms with van der Waals surface area (Å²) in [5.74, 6) is -0.339. The fourth-order valence-electron chi connectivity index (χ4n) is 2.19. The topological polar surface area (TPSA) is 26.3 Å². The Hall–Kier alpha value is -3.13. The summed E-state index contributed by atoms with van der Waals surface area (Å²) in [5.41, 5.74) is 5.63. The number of methoxy groups -OCH3 is 1. The second kappa shape index (κ2) is 8.65. The third-order valence-corrected chi connectivity index (χ3v) is 3.65. The van der Waals surface area contributed by atoms with E-state index in [-0.39, 0.29) is 5.97 Å². The zero-order chi connectivity index (χ0) is 18.2. The van der Waals surface area contributed by atoms with Crippen LogP contribution in [0.25, 0.3) is 17.7 Å². The van der Waals surface area contributed by atoms with Crippen LogP contribution in [-0.2, 0) is 4.74 Å². The van der Waals surface area contributed by atoms with Crippen LogP contribution in [0.3, 0.4) is 0 Å². The Kier molecular flexibility index (Phi) is 6.30. The lowest BCUT2D eigenvalue weighted by atomic mass is 10.0. The highest BCUT2D eigenvalue weighted by Crippen LogP contribution is 2.17. The van der Waals surface area contributed by atoms with Gasteiger partial charge in [-0.3, -0.25) is 0 Å². The minimum absolute atomic E-state index is 0.339. The Balaban J connectivity index is 2.04. The summed E-state index contributed by atoms with van der Waals surface area (Å²) in [4.78, 5) is 11.4. The van der Waals surface area contributed by atoms with E-state index in [1.54, 1.807) is 12.1 Å². The average molecular weight is 330 g/mol. The molecule has 0 spiro atoms. The maximum atomic E-state index is 11.4. The van der Waals surface area contributed by atoms with Gasteiger partial charge in [0.1, 0.15) is 0 Å². The van der Waals surface area contributed by atoms with Gasteiger partial charge in [-0.15, -0.1) is 0 Å². The van der Waals surface area contributed by atoms with Crippen LogP contribution in [0.1, 0.15) is 34.0 Å². The van der Waals surface area contributed by atoms with E-state index in [4.69, 9.17) is 4.74 Å². The van der Waals surface area contributed by atoms with Crippen LogP contribution in [-0.4, -0.2) is 13.1 Å². The van der Waals surface area contributed by atoms with Gasteiger partial charge in [-0.25, -0.2) is 4.79 Å². The average Bonchev–Trinajstić information content (AvgIpc) is 2.64. The first-order valence-corrected chi connectivity index (χ1v) is 7.99. The minimum Gasteiger partial charge on any atom is -0.465 e. The Bertz CT molecular complexity index is 819. The van der Waals surface area contributed by atoms with E-state index in [1.807, 2.05) is 43.4 Å². The molecule has 2 aromatic carbocycles. The Morgan fingerprint density at radius 2 is 1.32 bits per heavy atom. The number of esters is 1. The molecule has 2 rings (SSSR count). The molecule has 0 saturated carbocycles. The first-order chi connectivity index (χ1) is 12.0. The molecular formula is C23H22O2. The van der Waals surface area contributed by atoms with Crippen molar-refractivity contribution in [3.05, 3.63) is 102 Å². The molecule has 2 heteroatoms. The highest BCUT2D eigenvalue weighted by molar-refractivity contribution is 5.90. The molecule has 0 unspecified atom stereocenters. The predicted molar refractivity (Wildman–Crippen MR) is 106 cm³/mol. The minimum atomic E-state index is -0.339. The Labute approximate surface area is 149 Å². The van der Waals surface area contributed by atoms with Crippen LogP contribution >= 0.6 is 0 Å². The molecule has 126 valence electrons. The fourth-order valence-corrected chi connectivity index (χ4v) is 2.19. The van der Waals surface area contributed by atoms with Gasteiger partial charge in [-0.1, -0.05) is 79.4 Å². The highest BCUT2D eigenvalue weighted by atomic mass is 16.5. The summed E-state index contributed by atoms with van der Waals surface area (Å²) in [7, 11) is 1.37. The van der Waals surface area contributed by atoms with Crippen molar-refractivity contribution in [2.45, 2.75) is 6.92 Å². The molecule has 0 amide bonds. The third kappa shape index (κ3) is 5.47. The van der Waals surface area contributed by atoms with Gasteiger partial charge in [0, 0.05) is 0 Å². The monoisotopic (exact) mass is 330 g/mol. The van der Waals surface area contributed by atoms with Crippen LogP contribution in [0.5, 0.6) is 0 Å². The third-order valence-electron chi connectivity index (χ3n) is 3.65. The van der Waals surface area contributed by atoms with Crippen molar-refractivity contribution >= 4 is 23.7 Å². The number of rotatable bonds is 6. The summed E-state index contributed by atoms with van der Waals surface area (Å²) in [6, 6.07) is 15.4. The van der Waals surface area contributed by atoms with E-state index < -0.39 is 0 Å². The Morgan fingerprint density at radius 3 is 1.80 bits per heavy atom. The van der Waals surface area contributed by atoms with Crippen molar-refractivity contribution in [2.75, 3.05) is 7.11 Å². The summed E-state index contributed by atoms with van der Waals surface area (Å²) in [6.45, 7) is 9.90. The highest BCUT2D eigenvalue weighted by Gasteiger charge is 2.04. The van der Waals surface area contributed by atoms with Gasteiger partial charge in [0.15, 0.2) is 0 Å². The van der Waals surface area contributed by atoms with E-state index in [0.717, 1.165) is 27.8 Å². The SMILES string of the molecule is C=C(C)/C=C/c1ccc(/C=C/C(=C)c2ccc(C(=O)OC)cc2)cc1. The second-order valence-electron chi connectivity index (χ2n) is 5.77. The van der Waals surface area contributed by atoms with Gasteiger partial charge in [-0.2, -0.15) is 0 Å². The number of hydrogen-bond donors (Lipinski definition) is 0. The zero-order valence-electron chi connectivity index (χ0n) is 14.7. The van der Waals surface area contributed by atoms with Crippen LogP contribution in [0.4, 0.5) is 0 Å². The maximum absolute atomic E-state index is 11.4. The number of hydrogen-bond acceptors (Lipinski definition) is 2. The van der Waals surface area contributed by atoms with Crippen LogP contribution in [0, 0.1) is 0 Å². The van der Waals surface area contributed by atoms with Crippen LogP contribution in [0.15, 0.2) is 79.4 Å². The first-order valence-electron chi connectivity index (χ1n) is 7.99. The second-order valence-corrected chi connectivity index (χ2v) is 5.77. The van der Waals surface area contributed by atoms with Crippen molar-refractivity contribution in [2.24, 2.45) is 0 Å². The first kappa shape index (κ1) is 18.2. The van der Waals surface area contributed by atoms with E-state index >= 15 is 0 Å². The molecule has 0 fully saturated rings. The number of carbonyl (C=O) groups is 1. The molecule has 0 atom stereocenters. The van der Waals surface area contributed by atoms with Crippen LogP contribution < -0.4 is 0 Å². The lowest BCUT2D eigenvalue weighted by Gasteiger charge is -2.03. The molecule has 2 nitrogen and oxygen atoms in total. The largest absolute Gasteiger partial charge is 0.465 e. The van der Waals surface area contributed by atoms with Gasteiger partial charge in [0.2, 0.25) is 0 Å². The standard InChI is InChI=1S/C23H22O2/c1-17(2)5-7-19-9-11-20(12-10-19)8-6-18(3)21-13-15-22(16-14-21)23(24)25-4/h5-16H,1,3H2,2,4H3/b7-5+,8-6+. The molecule has 0 aliphatic rings. The number of ether oxygens (including phenoxy) is 1. The lowest BCUT2D eigenvalue weighted by molar-refractivity contribution is 0.0600. The molecular weight excluding hydrogens is 308 g/mol. The molecule has 0 aromatic heterocycles. The molecule has 0 aliphatic carbocycles. The predicted octanol–water partition coefficient (Wildman–Crippen LogP) is 5.79. The van der Waals surface area contributed by atoms with E-state index in [1.165, 1.54) is 7.11 Å². The Morgan fingerprint density at radius 1 is 0.840 bits per heavy atom. The molecule has 2 aromatic rings. The van der Waals surface area contributed by atoms with Gasteiger partial charge >= 0.3 is 5.97 Å². The quantitative estimate of drug-likeness (QED) is 0.495. The van der Waals surface area contributed by atoms with Gasteiger partial charge in [0.05, 0.1) is 12.7 Å². The molecule has 25 heavy (non-hydrogen) atoms. The maximum Gasteiger partial charge on any atom is 0.337 e. The van der Waals surface area contributed by atoms with Gasteiger partial charge < -0.3 is 4.74 Å². The van der Waals surface area contributed by atoms with E-state index in [0.29, 0.717) is 5.56 Å². The normalized spacial score (nSPS) is 11.0. The zero-order valence-corrected chi connectivity index (χ0v) is 14.7. The van der Waals surface area contributed by atoms with E-state index in [9.17, 15) is 4.79 Å². The van der Waals surface area contributed by atoms with Crippen molar-refractivity contribution in [3.63, 3.8) is 0 Å². The molecule has 0 radical (unpaired) electrons. The summed E-state index contributed by atoms with van der Waals surface area (Å²) >= 11 is 0. The van der Waals surface area contributed by atoms with Crippen molar-refractivity contribution in [1.29, 1.82) is 0 Å². The van der Waals surface area contributed by atoms with Crippen molar-refractivity contribution < 1.29 is 9.53 Å².